The van der Waals surface area contributed by atoms with Crippen molar-refractivity contribution in [1.29, 1.82) is 0 Å². The van der Waals surface area contributed by atoms with Crippen molar-refractivity contribution < 1.29 is 14.0 Å². The van der Waals surface area contributed by atoms with E-state index < -0.39 is 0 Å². The zero-order valence-electron chi connectivity index (χ0n) is 14.5. The van der Waals surface area contributed by atoms with Gasteiger partial charge in [0.05, 0.1) is 13.0 Å². The van der Waals surface area contributed by atoms with Gasteiger partial charge in [-0.05, 0) is 35.3 Å². The molecule has 3 rings (SSSR count). The SMILES string of the molecule is O=C(Cc1ccccc1)NCC(=O)N1CC=C(c2ccc(F)cc2)CC1. The molecule has 1 heterocycles. The van der Waals surface area contributed by atoms with Crippen LogP contribution in [0.1, 0.15) is 17.5 Å². The lowest BCUT2D eigenvalue weighted by molar-refractivity contribution is -0.132. The van der Waals surface area contributed by atoms with E-state index in [2.05, 4.69) is 5.32 Å². The van der Waals surface area contributed by atoms with Crippen LogP contribution >= 0.6 is 0 Å². The molecular formula is C21H21FN2O2. The van der Waals surface area contributed by atoms with Gasteiger partial charge >= 0.3 is 0 Å². The second kappa shape index (κ2) is 8.43. The minimum atomic E-state index is -0.256. The molecule has 1 aliphatic rings. The van der Waals surface area contributed by atoms with Crippen LogP contribution in [0.25, 0.3) is 5.57 Å². The van der Waals surface area contributed by atoms with E-state index in [0.29, 0.717) is 13.1 Å². The molecule has 0 aliphatic carbocycles. The first-order valence-corrected chi connectivity index (χ1v) is 8.65. The summed E-state index contributed by atoms with van der Waals surface area (Å²) in [6, 6.07) is 15.8. The van der Waals surface area contributed by atoms with Crippen LogP contribution in [0, 0.1) is 5.82 Å². The molecule has 26 heavy (non-hydrogen) atoms. The Labute approximate surface area is 152 Å². The fourth-order valence-electron chi connectivity index (χ4n) is 2.95. The third-order valence-corrected chi connectivity index (χ3v) is 4.42. The number of hydrogen-bond acceptors (Lipinski definition) is 2. The van der Waals surface area contributed by atoms with Crippen molar-refractivity contribution in [1.82, 2.24) is 10.2 Å². The number of amides is 2. The van der Waals surface area contributed by atoms with Crippen LogP contribution in [0.5, 0.6) is 0 Å². The Hall–Kier alpha value is -2.95. The maximum atomic E-state index is 13.0. The monoisotopic (exact) mass is 352 g/mol. The van der Waals surface area contributed by atoms with Gasteiger partial charge in [0.15, 0.2) is 0 Å². The van der Waals surface area contributed by atoms with Gasteiger partial charge in [0, 0.05) is 13.1 Å². The molecule has 0 spiro atoms. The van der Waals surface area contributed by atoms with Gasteiger partial charge in [0.2, 0.25) is 11.8 Å². The number of carbonyl (C=O) groups excluding carboxylic acids is 2. The van der Waals surface area contributed by atoms with Gasteiger partial charge in [-0.25, -0.2) is 4.39 Å². The van der Waals surface area contributed by atoms with Crippen LogP contribution < -0.4 is 5.32 Å². The van der Waals surface area contributed by atoms with E-state index in [1.807, 2.05) is 36.4 Å². The number of carbonyl (C=O) groups is 2. The van der Waals surface area contributed by atoms with E-state index in [-0.39, 0.29) is 30.6 Å². The molecule has 0 fully saturated rings. The number of nitrogens with zero attached hydrogens (tertiary/aromatic N) is 1. The Morgan fingerprint density at radius 1 is 1.04 bits per heavy atom. The van der Waals surface area contributed by atoms with Crippen molar-refractivity contribution in [3.63, 3.8) is 0 Å². The average Bonchev–Trinajstić information content (AvgIpc) is 2.68. The highest BCUT2D eigenvalue weighted by Crippen LogP contribution is 2.22. The molecule has 2 amide bonds. The topological polar surface area (TPSA) is 49.4 Å². The number of hydrogen-bond donors (Lipinski definition) is 1. The summed E-state index contributed by atoms with van der Waals surface area (Å²) in [4.78, 5) is 25.9. The van der Waals surface area contributed by atoms with Crippen LogP contribution in [0.15, 0.2) is 60.7 Å². The summed E-state index contributed by atoms with van der Waals surface area (Å²) in [6.45, 7) is 1.10. The second-order valence-electron chi connectivity index (χ2n) is 6.27. The first kappa shape index (κ1) is 17.9. The quantitative estimate of drug-likeness (QED) is 0.900. The maximum Gasteiger partial charge on any atom is 0.242 e. The highest BCUT2D eigenvalue weighted by Gasteiger charge is 2.18. The molecule has 0 bridgehead atoms. The van der Waals surface area contributed by atoms with Crippen molar-refractivity contribution in [2.45, 2.75) is 12.8 Å². The van der Waals surface area contributed by atoms with E-state index in [9.17, 15) is 14.0 Å². The van der Waals surface area contributed by atoms with Crippen molar-refractivity contribution >= 4 is 17.4 Å². The lowest BCUT2D eigenvalue weighted by Crippen LogP contribution is -2.42. The lowest BCUT2D eigenvalue weighted by Gasteiger charge is -2.27. The predicted octanol–water partition coefficient (Wildman–Crippen LogP) is 2.80. The highest BCUT2D eigenvalue weighted by molar-refractivity contribution is 5.86. The summed E-state index contributed by atoms with van der Waals surface area (Å²) in [6.07, 6.45) is 2.97. The molecule has 2 aromatic rings. The minimum absolute atomic E-state index is 0.00535. The smallest absolute Gasteiger partial charge is 0.242 e. The van der Waals surface area contributed by atoms with Crippen molar-refractivity contribution in [3.8, 4) is 0 Å². The van der Waals surface area contributed by atoms with Crippen LogP contribution in [0.4, 0.5) is 4.39 Å². The molecule has 0 aromatic heterocycles. The third-order valence-electron chi connectivity index (χ3n) is 4.42. The molecule has 0 atom stereocenters. The molecule has 1 N–H and O–H groups in total. The summed E-state index contributed by atoms with van der Waals surface area (Å²) in [5.41, 5.74) is 3.01. The molecule has 5 heteroatoms. The van der Waals surface area contributed by atoms with E-state index >= 15 is 0 Å². The normalized spacial score (nSPS) is 13.9. The Morgan fingerprint density at radius 3 is 2.42 bits per heavy atom. The minimum Gasteiger partial charge on any atom is -0.347 e. The van der Waals surface area contributed by atoms with Crippen molar-refractivity contribution in [3.05, 3.63) is 77.6 Å². The van der Waals surface area contributed by atoms with Crippen molar-refractivity contribution in [2.24, 2.45) is 0 Å². The number of nitrogens with one attached hydrogen (secondary N) is 1. The Balaban J connectivity index is 1.47. The van der Waals surface area contributed by atoms with E-state index in [4.69, 9.17) is 0 Å². The molecule has 0 saturated carbocycles. The summed E-state index contributed by atoms with van der Waals surface area (Å²) in [7, 11) is 0. The Morgan fingerprint density at radius 2 is 1.77 bits per heavy atom. The van der Waals surface area contributed by atoms with Crippen LogP contribution in [-0.4, -0.2) is 36.3 Å². The van der Waals surface area contributed by atoms with Crippen LogP contribution in [-0.2, 0) is 16.0 Å². The summed E-state index contributed by atoms with van der Waals surface area (Å²) in [5, 5.41) is 2.68. The maximum absolute atomic E-state index is 13.0. The molecule has 1 aliphatic heterocycles. The van der Waals surface area contributed by atoms with Gasteiger partial charge in [-0.15, -0.1) is 0 Å². The number of benzene rings is 2. The zero-order chi connectivity index (χ0) is 18.4. The van der Waals surface area contributed by atoms with Gasteiger partial charge in [-0.3, -0.25) is 9.59 Å². The van der Waals surface area contributed by atoms with Crippen LogP contribution in [0.3, 0.4) is 0 Å². The Bertz CT molecular complexity index is 801. The third kappa shape index (κ3) is 4.79. The molecule has 134 valence electrons. The lowest BCUT2D eigenvalue weighted by atomic mass is 9.99. The molecule has 0 unspecified atom stereocenters. The highest BCUT2D eigenvalue weighted by atomic mass is 19.1. The van der Waals surface area contributed by atoms with Gasteiger partial charge in [0.1, 0.15) is 5.82 Å². The molecule has 0 saturated heterocycles. The van der Waals surface area contributed by atoms with E-state index in [0.717, 1.165) is 23.1 Å². The first-order chi connectivity index (χ1) is 12.6. The average molecular weight is 352 g/mol. The van der Waals surface area contributed by atoms with Gasteiger partial charge < -0.3 is 10.2 Å². The number of rotatable bonds is 5. The zero-order valence-corrected chi connectivity index (χ0v) is 14.5. The fraction of sp³-hybridized carbons (Fsp3) is 0.238. The predicted molar refractivity (Wildman–Crippen MR) is 98.7 cm³/mol. The van der Waals surface area contributed by atoms with Gasteiger partial charge in [-0.2, -0.15) is 0 Å². The molecule has 4 nitrogen and oxygen atoms in total. The molecular weight excluding hydrogens is 331 g/mol. The largest absolute Gasteiger partial charge is 0.347 e. The van der Waals surface area contributed by atoms with E-state index in [1.54, 1.807) is 17.0 Å². The Kier molecular flexibility index (Phi) is 5.79. The second-order valence-corrected chi connectivity index (χ2v) is 6.27. The van der Waals surface area contributed by atoms with E-state index in [1.165, 1.54) is 12.1 Å². The van der Waals surface area contributed by atoms with Gasteiger partial charge in [-0.1, -0.05) is 48.5 Å². The summed E-state index contributed by atoms with van der Waals surface area (Å²) >= 11 is 0. The van der Waals surface area contributed by atoms with Crippen molar-refractivity contribution in [2.75, 3.05) is 19.6 Å². The summed E-state index contributed by atoms with van der Waals surface area (Å²) < 4.78 is 13.0. The fourth-order valence-corrected chi connectivity index (χ4v) is 2.95. The molecule has 0 radical (unpaired) electrons. The van der Waals surface area contributed by atoms with Gasteiger partial charge in [0.25, 0.3) is 0 Å². The standard InChI is InChI=1S/C21H21FN2O2/c22-19-8-6-17(7-9-19)18-10-12-24(13-11-18)21(26)15-23-20(25)14-16-4-2-1-3-5-16/h1-10H,11-15H2,(H,23,25). The molecule has 2 aromatic carbocycles. The first-order valence-electron chi connectivity index (χ1n) is 8.65. The number of halogens is 1. The van der Waals surface area contributed by atoms with Crippen LogP contribution in [0.2, 0.25) is 0 Å². The summed E-state index contributed by atoms with van der Waals surface area (Å²) in [5.74, 6) is -0.516.